The first-order chi connectivity index (χ1) is 18.9. The molecule has 11 nitrogen and oxygen atoms in total. The van der Waals surface area contributed by atoms with E-state index in [0.29, 0.717) is 17.9 Å². The number of hydrogen-bond acceptors (Lipinski definition) is 7. The number of esters is 1. The minimum absolute atomic E-state index is 0.0627. The fourth-order valence-corrected chi connectivity index (χ4v) is 4.64. The maximum Gasteiger partial charge on any atom is 0.328 e. The molecular formula is C28H26N6O5. The Balaban J connectivity index is 1.44. The van der Waals surface area contributed by atoms with Gasteiger partial charge in [0.2, 0.25) is 5.82 Å². The average Bonchev–Trinajstić information content (AvgIpc) is 3.58. The van der Waals surface area contributed by atoms with Gasteiger partial charge in [0.25, 0.3) is 5.91 Å². The molecule has 5 aromatic rings. The third kappa shape index (κ3) is 5.47. The summed E-state index contributed by atoms with van der Waals surface area (Å²) in [5.74, 6) is -1.69. The number of ether oxygens (including phenoxy) is 1. The molecule has 0 radical (unpaired) electrons. The first-order valence-electron chi connectivity index (χ1n) is 12.5. The van der Waals surface area contributed by atoms with E-state index in [0.717, 1.165) is 32.9 Å². The van der Waals surface area contributed by atoms with Gasteiger partial charge >= 0.3 is 11.9 Å². The molecule has 3 N–H and O–H groups in total. The molecule has 1 amide bonds. The van der Waals surface area contributed by atoms with Gasteiger partial charge in [0.15, 0.2) is 0 Å². The smallest absolute Gasteiger partial charge is 0.328 e. The number of amides is 1. The number of tetrazole rings is 1. The Morgan fingerprint density at radius 2 is 1.85 bits per heavy atom. The summed E-state index contributed by atoms with van der Waals surface area (Å²) in [5.41, 5.74) is 4.12. The monoisotopic (exact) mass is 526 g/mol. The van der Waals surface area contributed by atoms with E-state index in [9.17, 15) is 14.4 Å². The number of carboxylic acid groups (broad SMARTS) is 1. The second-order valence-electron chi connectivity index (χ2n) is 8.98. The molecule has 0 aliphatic heterocycles. The van der Waals surface area contributed by atoms with Crippen molar-refractivity contribution in [2.24, 2.45) is 0 Å². The number of carboxylic acids is 1. The third-order valence-electron chi connectivity index (χ3n) is 6.43. The standard InChI is InChI=1S/C28H26N6O5/c1-2-39-28(38)22(11-13-25(35)36)29-27(37)19-7-5-6-17(14-19)16-34-23-9-4-3-8-20(23)21-15-18(10-12-24(21)34)26-30-32-33-31-26/h3-10,12,14-15,22H,2,11,13,16H2,1H3,(H,29,37)(H,35,36)(H,30,31,32,33). The first kappa shape index (κ1) is 25.6. The number of H-pyrrole nitrogens is 1. The van der Waals surface area contributed by atoms with Gasteiger partial charge < -0.3 is 19.7 Å². The average molecular weight is 527 g/mol. The van der Waals surface area contributed by atoms with Crippen molar-refractivity contribution in [2.45, 2.75) is 32.4 Å². The van der Waals surface area contributed by atoms with Gasteiger partial charge in [-0.15, -0.1) is 10.2 Å². The molecule has 2 heterocycles. The minimum Gasteiger partial charge on any atom is -0.481 e. The van der Waals surface area contributed by atoms with Crippen molar-refractivity contribution in [1.29, 1.82) is 0 Å². The molecule has 0 bridgehead atoms. The summed E-state index contributed by atoms with van der Waals surface area (Å²) in [7, 11) is 0. The molecule has 5 rings (SSSR count). The maximum atomic E-state index is 13.0. The van der Waals surface area contributed by atoms with Crippen LogP contribution >= 0.6 is 0 Å². The minimum atomic E-state index is -1.06. The molecule has 0 saturated carbocycles. The molecule has 3 aromatic carbocycles. The summed E-state index contributed by atoms with van der Waals surface area (Å²) in [5, 5.41) is 28.1. The van der Waals surface area contributed by atoms with Crippen LogP contribution in [0.25, 0.3) is 33.2 Å². The van der Waals surface area contributed by atoms with E-state index in [1.54, 1.807) is 25.1 Å². The predicted molar refractivity (Wildman–Crippen MR) is 143 cm³/mol. The van der Waals surface area contributed by atoms with Crippen molar-refractivity contribution >= 4 is 39.7 Å². The zero-order valence-electron chi connectivity index (χ0n) is 21.1. The van der Waals surface area contributed by atoms with E-state index >= 15 is 0 Å². The van der Waals surface area contributed by atoms with Crippen LogP contribution in [-0.2, 0) is 20.9 Å². The van der Waals surface area contributed by atoms with Crippen molar-refractivity contribution in [3.05, 3.63) is 77.9 Å². The van der Waals surface area contributed by atoms with Crippen LogP contribution in [0.1, 0.15) is 35.7 Å². The second kappa shape index (κ2) is 11.1. The Kier molecular flexibility index (Phi) is 7.30. The molecule has 0 spiro atoms. The lowest BCUT2D eigenvalue weighted by Crippen LogP contribution is -2.42. The molecule has 0 saturated heterocycles. The number of para-hydroxylation sites is 1. The van der Waals surface area contributed by atoms with Crippen LogP contribution in [0.5, 0.6) is 0 Å². The summed E-state index contributed by atoms with van der Waals surface area (Å²) in [6, 6.07) is 20.2. The summed E-state index contributed by atoms with van der Waals surface area (Å²) in [6.07, 6.45) is -0.335. The predicted octanol–water partition coefficient (Wildman–Crippen LogP) is 3.55. The number of hydrogen-bond donors (Lipinski definition) is 3. The number of carbonyl (C=O) groups is 3. The van der Waals surface area contributed by atoms with E-state index in [4.69, 9.17) is 9.84 Å². The lowest BCUT2D eigenvalue weighted by molar-refractivity contribution is -0.146. The number of aromatic amines is 1. The van der Waals surface area contributed by atoms with E-state index in [2.05, 4.69) is 36.6 Å². The Morgan fingerprint density at radius 3 is 2.62 bits per heavy atom. The number of nitrogens with zero attached hydrogens (tertiary/aromatic N) is 4. The van der Waals surface area contributed by atoms with Crippen LogP contribution in [0.4, 0.5) is 0 Å². The lowest BCUT2D eigenvalue weighted by atomic mass is 10.1. The molecular weight excluding hydrogens is 500 g/mol. The summed E-state index contributed by atoms with van der Waals surface area (Å²) in [4.78, 5) is 36.4. The molecule has 0 fully saturated rings. The highest BCUT2D eigenvalue weighted by atomic mass is 16.5. The Hall–Kier alpha value is -5.06. The summed E-state index contributed by atoms with van der Waals surface area (Å²) >= 11 is 0. The van der Waals surface area contributed by atoms with Gasteiger partial charge in [0.05, 0.1) is 6.61 Å². The van der Waals surface area contributed by atoms with Gasteiger partial charge in [-0.2, -0.15) is 5.21 Å². The van der Waals surface area contributed by atoms with Crippen LogP contribution < -0.4 is 5.32 Å². The van der Waals surface area contributed by atoms with Crippen molar-refractivity contribution < 1.29 is 24.2 Å². The fourth-order valence-electron chi connectivity index (χ4n) is 4.64. The van der Waals surface area contributed by atoms with Crippen molar-refractivity contribution in [3.8, 4) is 11.4 Å². The SMILES string of the molecule is CCOC(=O)C(CCC(=O)O)NC(=O)c1cccc(Cn2c3ccccc3c3cc(-c4nn[nH]n4)ccc32)c1. The van der Waals surface area contributed by atoms with Crippen LogP contribution in [0, 0.1) is 0 Å². The van der Waals surface area contributed by atoms with Crippen LogP contribution in [0.3, 0.4) is 0 Å². The zero-order chi connectivity index (χ0) is 27.4. The molecule has 1 unspecified atom stereocenters. The largest absolute Gasteiger partial charge is 0.481 e. The van der Waals surface area contributed by atoms with Gasteiger partial charge in [-0.25, -0.2) is 4.79 Å². The molecule has 11 heteroatoms. The molecule has 39 heavy (non-hydrogen) atoms. The van der Waals surface area contributed by atoms with Crippen LogP contribution in [0.2, 0.25) is 0 Å². The normalized spacial score (nSPS) is 11.9. The van der Waals surface area contributed by atoms with Crippen molar-refractivity contribution in [3.63, 3.8) is 0 Å². The number of aromatic nitrogens is 5. The number of aliphatic carboxylic acids is 1. The Labute approximate surface area is 222 Å². The van der Waals surface area contributed by atoms with Gasteiger partial charge in [-0.1, -0.05) is 30.3 Å². The first-order valence-corrected chi connectivity index (χ1v) is 12.5. The van der Waals surface area contributed by atoms with E-state index in [1.807, 2.05) is 42.5 Å². The zero-order valence-corrected chi connectivity index (χ0v) is 21.1. The number of fused-ring (bicyclic) bond motifs is 3. The molecule has 1 atom stereocenters. The lowest BCUT2D eigenvalue weighted by Gasteiger charge is -2.17. The van der Waals surface area contributed by atoms with E-state index < -0.39 is 23.9 Å². The summed E-state index contributed by atoms with van der Waals surface area (Å²) in [6.45, 7) is 2.27. The number of rotatable bonds is 10. The Bertz CT molecular complexity index is 1660. The quantitative estimate of drug-likeness (QED) is 0.234. The molecule has 0 aliphatic carbocycles. The second-order valence-corrected chi connectivity index (χ2v) is 8.98. The highest BCUT2D eigenvalue weighted by Gasteiger charge is 2.24. The van der Waals surface area contributed by atoms with Gasteiger partial charge in [-0.3, -0.25) is 9.59 Å². The topological polar surface area (TPSA) is 152 Å². The highest BCUT2D eigenvalue weighted by Crippen LogP contribution is 2.32. The number of carbonyl (C=O) groups excluding carboxylic acids is 2. The van der Waals surface area contributed by atoms with E-state index in [1.165, 1.54) is 0 Å². The number of nitrogens with one attached hydrogen (secondary N) is 2. The highest BCUT2D eigenvalue weighted by molar-refractivity contribution is 6.09. The fraction of sp³-hybridized carbons (Fsp3) is 0.214. The number of benzene rings is 3. The van der Waals surface area contributed by atoms with Crippen LogP contribution in [0.15, 0.2) is 66.7 Å². The molecule has 198 valence electrons. The van der Waals surface area contributed by atoms with Crippen molar-refractivity contribution in [1.82, 2.24) is 30.5 Å². The Morgan fingerprint density at radius 1 is 1.03 bits per heavy atom. The maximum absolute atomic E-state index is 13.0. The van der Waals surface area contributed by atoms with Crippen molar-refractivity contribution in [2.75, 3.05) is 6.61 Å². The van der Waals surface area contributed by atoms with Gasteiger partial charge in [-0.05, 0) is 60.5 Å². The molecule has 0 aliphatic rings. The molecule has 2 aromatic heterocycles. The van der Waals surface area contributed by atoms with Gasteiger partial charge in [0, 0.05) is 45.9 Å². The van der Waals surface area contributed by atoms with Gasteiger partial charge in [0.1, 0.15) is 6.04 Å². The van der Waals surface area contributed by atoms with Crippen LogP contribution in [-0.4, -0.2) is 60.8 Å². The third-order valence-corrected chi connectivity index (χ3v) is 6.43. The van der Waals surface area contributed by atoms with E-state index in [-0.39, 0.29) is 19.4 Å². The summed E-state index contributed by atoms with van der Waals surface area (Å²) < 4.78 is 7.19.